The summed E-state index contributed by atoms with van der Waals surface area (Å²) in [6.07, 6.45) is 7.09. The number of ether oxygens (including phenoxy) is 2. The van der Waals surface area contributed by atoms with Crippen LogP contribution in [0.15, 0.2) is 60.0 Å². The lowest BCUT2D eigenvalue weighted by molar-refractivity contribution is -0.141. The summed E-state index contributed by atoms with van der Waals surface area (Å²) in [4.78, 5) is 68.1. The van der Waals surface area contributed by atoms with E-state index in [1.165, 1.54) is 16.2 Å². The number of thiazole rings is 1. The van der Waals surface area contributed by atoms with Gasteiger partial charge in [0.1, 0.15) is 39.9 Å². The number of carbonyl (C=O) groups excluding carboxylic acids is 4. The third-order valence-electron chi connectivity index (χ3n) is 12.8. The summed E-state index contributed by atoms with van der Waals surface area (Å²) in [6.45, 7) is 10.8. The van der Waals surface area contributed by atoms with E-state index in [1.807, 2.05) is 78.4 Å². The van der Waals surface area contributed by atoms with Gasteiger partial charge in [-0.25, -0.2) is 18.2 Å². The average Bonchev–Trinajstić information content (AvgIpc) is 3.92. The molecule has 2 aliphatic carbocycles. The zero-order valence-electron chi connectivity index (χ0n) is 37.7. The molecule has 4 aromatic rings. The Bertz CT molecular complexity index is 2630. The fraction of sp³-hybridized carbons (Fsp3) is 0.532. The Labute approximate surface area is 389 Å². The van der Waals surface area contributed by atoms with Crippen molar-refractivity contribution in [2.24, 2.45) is 5.92 Å². The van der Waals surface area contributed by atoms with E-state index >= 15 is 0 Å². The fourth-order valence-corrected chi connectivity index (χ4v) is 11.1. The monoisotopic (exact) mass is 947 g/mol. The number of allylic oxidation sites excluding steroid dienone is 1. The Morgan fingerprint density at radius 1 is 1.06 bits per heavy atom. The number of sulfonamides is 1. The number of halogens is 1. The molecule has 0 bridgehead atoms. The predicted octanol–water partition coefficient (Wildman–Crippen LogP) is 7.62. The number of carbonyl (C=O) groups is 4. The molecule has 4 heterocycles. The number of hydrogen-bond acceptors (Lipinski definition) is 11. The highest BCUT2D eigenvalue weighted by Gasteiger charge is 2.63. The summed E-state index contributed by atoms with van der Waals surface area (Å²) < 4.78 is 42.1. The summed E-state index contributed by atoms with van der Waals surface area (Å²) in [5.41, 5.74) is 1.79. The van der Waals surface area contributed by atoms with Gasteiger partial charge in [-0.2, -0.15) is 4.98 Å². The second-order valence-corrected chi connectivity index (χ2v) is 22.8. The summed E-state index contributed by atoms with van der Waals surface area (Å²) in [5, 5.41) is 9.18. The van der Waals surface area contributed by atoms with Gasteiger partial charge in [0.15, 0.2) is 0 Å². The Kier molecular flexibility index (Phi) is 12.9. The number of aromatic nitrogens is 3. The van der Waals surface area contributed by atoms with Crippen molar-refractivity contribution in [1.29, 1.82) is 0 Å². The molecular formula is C47H58ClN7O8S2. The molecule has 0 unspecified atom stereocenters. The third kappa shape index (κ3) is 9.92. The number of benzene rings is 2. The van der Waals surface area contributed by atoms with Gasteiger partial charge in [0.2, 0.25) is 21.8 Å². The first-order valence-electron chi connectivity index (χ1n) is 22.5. The van der Waals surface area contributed by atoms with Crippen LogP contribution in [0.4, 0.5) is 4.79 Å². The maximum atomic E-state index is 14.8. The number of amides is 4. The van der Waals surface area contributed by atoms with Crippen LogP contribution >= 0.6 is 22.9 Å². The van der Waals surface area contributed by atoms with E-state index in [1.54, 1.807) is 27.7 Å². The SMILES string of the molecule is CC(C)n1c(O[C@@H]2C[C@H]3C(=O)N[C@]4(C(=O)NS(=O)(=O)C5(C)CC5)C[C@H]4/C=C\CCCCC[C@H](NC(=O)OC(C)(C)C)C(=O)N3C2)nc2c(-c3nc(Cc4ccccc4Cl)cs3)cccc21. The summed E-state index contributed by atoms with van der Waals surface area (Å²) in [7, 11) is -4.02. The van der Waals surface area contributed by atoms with E-state index in [4.69, 9.17) is 31.0 Å². The molecule has 18 heteroatoms. The number of alkyl carbamates (subject to hydrolysis) is 1. The first kappa shape index (κ1) is 46.5. The van der Waals surface area contributed by atoms with Crippen molar-refractivity contribution in [3.63, 3.8) is 0 Å². The predicted molar refractivity (Wildman–Crippen MR) is 249 cm³/mol. The molecule has 0 spiro atoms. The Morgan fingerprint density at radius 2 is 1.83 bits per heavy atom. The second kappa shape index (κ2) is 18.0. The van der Waals surface area contributed by atoms with E-state index in [2.05, 4.69) is 15.4 Å². The standard InChI is InChI=1S/C47H58ClN7O8S2/c1-28(2)55-36-20-14-17-33(40-49-31(27-64-40)23-29-15-12-13-18-34(29)48)38(36)51-43(55)62-32-24-37-39(56)52-47(42(58)53-65(60,61)46(6)21-22-46)25-30(47)16-10-8-7-9-11-19-35(41(57)54(37)26-32)50-44(59)63-45(3,4)5/h10,12-18,20,27-28,30,32,35,37H,7-9,11,19,21-26H2,1-6H3,(H,50,59)(H,52,56)(H,53,58)/b16-10-/t30-,32-,35+,37+,47-/m1/s1. The highest BCUT2D eigenvalue weighted by Crippen LogP contribution is 2.48. The third-order valence-corrected chi connectivity index (χ3v) is 16.2. The first-order chi connectivity index (χ1) is 30.8. The summed E-state index contributed by atoms with van der Waals surface area (Å²) in [6, 6.07) is 11.6. The number of fused-ring (bicyclic) bond motifs is 3. The largest absolute Gasteiger partial charge is 0.459 e. The normalized spacial score (nSPS) is 25.1. The van der Waals surface area contributed by atoms with Crippen LogP contribution < -0.4 is 20.1 Å². The van der Waals surface area contributed by atoms with Crippen LogP contribution in [0.25, 0.3) is 21.6 Å². The molecule has 348 valence electrons. The lowest BCUT2D eigenvalue weighted by atomic mass is 10.0. The lowest BCUT2D eigenvalue weighted by Gasteiger charge is -2.30. The van der Waals surface area contributed by atoms with Crippen LogP contribution in [0.1, 0.15) is 117 Å². The maximum Gasteiger partial charge on any atom is 0.408 e. The maximum absolute atomic E-state index is 14.8. The molecule has 2 aromatic heterocycles. The van der Waals surface area contributed by atoms with E-state index in [0.717, 1.165) is 40.2 Å². The van der Waals surface area contributed by atoms with E-state index in [0.29, 0.717) is 55.1 Å². The number of rotatable bonds is 10. The zero-order valence-corrected chi connectivity index (χ0v) is 40.1. The molecule has 2 aliphatic heterocycles. The average molecular weight is 949 g/mol. The lowest BCUT2D eigenvalue weighted by Crippen LogP contribution is -2.58. The quantitative estimate of drug-likeness (QED) is 0.133. The number of nitrogens with zero attached hydrogens (tertiary/aromatic N) is 4. The number of hydrogen-bond donors (Lipinski definition) is 3. The van der Waals surface area contributed by atoms with Crippen molar-refractivity contribution in [1.82, 2.24) is 34.8 Å². The van der Waals surface area contributed by atoms with Gasteiger partial charge in [-0.3, -0.25) is 23.7 Å². The molecule has 2 aromatic carbocycles. The number of para-hydroxylation sites is 1. The highest BCUT2D eigenvalue weighted by molar-refractivity contribution is 7.91. The Balaban J connectivity index is 1.11. The second-order valence-electron chi connectivity index (χ2n) is 19.3. The van der Waals surface area contributed by atoms with Gasteiger partial charge in [-0.1, -0.05) is 60.9 Å². The van der Waals surface area contributed by atoms with Crippen molar-refractivity contribution >= 4 is 67.8 Å². The van der Waals surface area contributed by atoms with Crippen molar-refractivity contribution in [2.75, 3.05) is 6.54 Å². The van der Waals surface area contributed by atoms with Crippen molar-refractivity contribution < 1.29 is 37.1 Å². The molecular weight excluding hydrogens is 890 g/mol. The van der Waals surface area contributed by atoms with Gasteiger partial charge in [0.05, 0.1) is 22.5 Å². The van der Waals surface area contributed by atoms with E-state index < -0.39 is 73.8 Å². The smallest absolute Gasteiger partial charge is 0.408 e. The van der Waals surface area contributed by atoms with Gasteiger partial charge in [0.25, 0.3) is 11.9 Å². The summed E-state index contributed by atoms with van der Waals surface area (Å²) >= 11 is 7.98. The minimum absolute atomic E-state index is 0.0251. The van der Waals surface area contributed by atoms with Gasteiger partial charge < -0.3 is 25.0 Å². The summed E-state index contributed by atoms with van der Waals surface area (Å²) in [5.74, 6) is -2.39. The van der Waals surface area contributed by atoms with Crippen LogP contribution in [-0.2, 0) is 35.6 Å². The minimum atomic E-state index is -4.02. The molecule has 15 nitrogen and oxygen atoms in total. The van der Waals surface area contributed by atoms with Crippen LogP contribution in [-0.4, -0.2) is 92.3 Å². The molecule has 3 fully saturated rings. The number of nitrogens with one attached hydrogen (secondary N) is 3. The van der Waals surface area contributed by atoms with Gasteiger partial charge in [-0.05, 0) is 104 Å². The molecule has 8 rings (SSSR count). The highest BCUT2D eigenvalue weighted by atomic mass is 35.5. The minimum Gasteiger partial charge on any atom is -0.459 e. The van der Waals surface area contributed by atoms with Crippen molar-refractivity contribution in [3.05, 3.63) is 76.3 Å². The topological polar surface area (TPSA) is 191 Å². The number of imidazole rings is 1. The van der Waals surface area contributed by atoms with Crippen LogP contribution in [0.2, 0.25) is 5.02 Å². The molecule has 4 aliphatic rings. The van der Waals surface area contributed by atoms with E-state index in [-0.39, 0.29) is 25.4 Å². The molecule has 3 N–H and O–H groups in total. The van der Waals surface area contributed by atoms with Gasteiger partial charge >= 0.3 is 6.09 Å². The van der Waals surface area contributed by atoms with Gasteiger partial charge in [-0.15, -0.1) is 11.3 Å². The van der Waals surface area contributed by atoms with Crippen molar-refractivity contribution in [2.45, 2.75) is 146 Å². The molecule has 0 radical (unpaired) electrons. The molecule has 1 saturated heterocycles. The zero-order chi connectivity index (χ0) is 46.5. The molecule has 4 amide bonds. The fourth-order valence-electron chi connectivity index (χ4n) is 8.74. The Morgan fingerprint density at radius 3 is 2.55 bits per heavy atom. The van der Waals surface area contributed by atoms with Crippen LogP contribution in [0.3, 0.4) is 0 Å². The van der Waals surface area contributed by atoms with E-state index in [9.17, 15) is 27.6 Å². The molecule has 2 saturated carbocycles. The first-order valence-corrected chi connectivity index (χ1v) is 25.2. The Hall–Kier alpha value is -5.00. The van der Waals surface area contributed by atoms with Crippen LogP contribution in [0.5, 0.6) is 6.01 Å². The van der Waals surface area contributed by atoms with Crippen molar-refractivity contribution in [3.8, 4) is 16.6 Å². The molecule has 65 heavy (non-hydrogen) atoms. The molecule has 5 atom stereocenters. The van der Waals surface area contributed by atoms with Crippen LogP contribution in [0, 0.1) is 5.92 Å². The van der Waals surface area contributed by atoms with Gasteiger partial charge in [0, 0.05) is 40.8 Å².